The predicted molar refractivity (Wildman–Crippen MR) is 115 cm³/mol. The van der Waals surface area contributed by atoms with Crippen LogP contribution in [0, 0.1) is 11.8 Å². The first-order valence-electron chi connectivity index (χ1n) is 9.19. The molecule has 0 radical (unpaired) electrons. The van der Waals surface area contributed by atoms with E-state index in [9.17, 15) is 23.6 Å². The van der Waals surface area contributed by atoms with Crippen LogP contribution in [-0.4, -0.2) is 40.0 Å². The summed E-state index contributed by atoms with van der Waals surface area (Å²) in [6, 6.07) is 0. The Morgan fingerprint density at radius 3 is 2.22 bits per heavy atom. The number of hydrogen-bond donors (Lipinski definition) is 7. The first-order chi connectivity index (χ1) is 16.9. The Hall–Kier alpha value is -1.63. The van der Waals surface area contributed by atoms with E-state index in [0.29, 0.717) is 0 Å². The fourth-order valence-electron chi connectivity index (χ4n) is 2.60. The van der Waals surface area contributed by atoms with Crippen LogP contribution in [0.25, 0.3) is 0 Å². The maximum absolute atomic E-state index is 12.6. The lowest BCUT2D eigenvalue weighted by Gasteiger charge is -2.22. The van der Waals surface area contributed by atoms with E-state index in [1.165, 1.54) is 6.20 Å². The SMILES string of the molecule is NCC#Cc1cn([C@@H]2O[C@H](COP(=O)(ON)OP(=O)(ON)OP(=O)(ON)ON)C[C@H]2O)c(=O)nc1N. The lowest BCUT2D eigenvalue weighted by atomic mass is 10.2. The van der Waals surface area contributed by atoms with E-state index in [1.54, 1.807) is 0 Å². The van der Waals surface area contributed by atoms with Gasteiger partial charge in [-0.05, 0) is 0 Å². The Bertz CT molecular complexity index is 1180. The van der Waals surface area contributed by atoms with Crippen LogP contribution < -0.4 is 40.7 Å². The standard InChI is InChI=1S/C12H23N8O13P3/c13-3-1-2-7-5-20(12(22)19-10(7)14)11-9(21)4-8(27-11)6-26-34(23,28-15)32-36(25,31-18)33-35(24,29-16)30-17/h5,8-9,11,21H,3-4,6,13,15-18H2,(H2,14,19,22)/t8-,9+,11+,34?,36?/m0/s1. The van der Waals surface area contributed by atoms with Crippen LogP contribution in [0.15, 0.2) is 11.0 Å². The zero-order valence-corrected chi connectivity index (χ0v) is 20.7. The van der Waals surface area contributed by atoms with Gasteiger partial charge in [-0.25, -0.2) is 51.3 Å². The van der Waals surface area contributed by atoms with Crippen LogP contribution in [0.1, 0.15) is 18.2 Å². The highest BCUT2D eigenvalue weighted by atomic mass is 31.3. The molecule has 1 saturated heterocycles. The van der Waals surface area contributed by atoms with Crippen molar-refractivity contribution < 1.29 is 55.2 Å². The molecule has 0 amide bonds. The van der Waals surface area contributed by atoms with Gasteiger partial charge < -0.3 is 21.3 Å². The summed E-state index contributed by atoms with van der Waals surface area (Å²) in [7, 11) is -15.3. The number of ether oxygens (including phenoxy) is 1. The molecule has 0 spiro atoms. The molecule has 21 nitrogen and oxygen atoms in total. The minimum Gasteiger partial charge on any atom is -0.388 e. The van der Waals surface area contributed by atoms with Crippen molar-refractivity contribution in [3.05, 3.63) is 22.2 Å². The smallest absolute Gasteiger partial charge is 0.388 e. The van der Waals surface area contributed by atoms with E-state index in [4.69, 9.17) is 32.5 Å². The molecule has 2 unspecified atom stereocenters. The molecule has 1 fully saturated rings. The van der Waals surface area contributed by atoms with Crippen molar-refractivity contribution in [1.29, 1.82) is 0 Å². The average molecular weight is 580 g/mol. The van der Waals surface area contributed by atoms with E-state index in [2.05, 4.69) is 55.7 Å². The normalized spacial score (nSPS) is 23.4. The number of phosphoric acid groups is 3. The molecule has 0 aromatic carbocycles. The first kappa shape index (κ1) is 30.6. The maximum Gasteiger partial charge on any atom is 0.516 e. The number of aromatic nitrogens is 2. The molecule has 5 atom stereocenters. The lowest BCUT2D eigenvalue weighted by molar-refractivity contribution is -0.0532. The van der Waals surface area contributed by atoms with Gasteiger partial charge >= 0.3 is 29.2 Å². The second kappa shape index (κ2) is 12.7. The minimum absolute atomic E-state index is 0.00901. The second-order valence-corrected chi connectivity index (χ2v) is 11.5. The van der Waals surface area contributed by atoms with Gasteiger partial charge in [0.2, 0.25) is 0 Å². The number of nitrogen functional groups attached to an aromatic ring is 1. The third kappa shape index (κ3) is 7.69. The summed E-state index contributed by atoms with van der Waals surface area (Å²) in [6.07, 6.45) is -2.66. The molecule has 2 heterocycles. The van der Waals surface area contributed by atoms with Crippen LogP contribution in [0.5, 0.6) is 0 Å². The van der Waals surface area contributed by atoms with Crippen molar-refractivity contribution in [2.75, 3.05) is 18.9 Å². The Labute approximate surface area is 201 Å². The number of aliphatic hydroxyl groups excluding tert-OH is 1. The molecule has 1 aromatic heterocycles. The average Bonchev–Trinajstić information content (AvgIpc) is 3.22. The van der Waals surface area contributed by atoms with Gasteiger partial charge in [-0.1, -0.05) is 11.8 Å². The summed E-state index contributed by atoms with van der Waals surface area (Å²) in [6.45, 7) is -0.697. The van der Waals surface area contributed by atoms with E-state index >= 15 is 0 Å². The highest BCUT2D eigenvalue weighted by molar-refractivity contribution is 7.67. The highest BCUT2D eigenvalue weighted by Crippen LogP contribution is 2.71. The molecule has 1 aliphatic heterocycles. The van der Waals surface area contributed by atoms with Gasteiger partial charge in [-0.2, -0.15) is 22.9 Å². The summed E-state index contributed by atoms with van der Waals surface area (Å²) in [5, 5.41) is 10.4. The van der Waals surface area contributed by atoms with Gasteiger partial charge in [-0.15, -0.1) is 0 Å². The van der Waals surface area contributed by atoms with E-state index in [0.717, 1.165) is 4.57 Å². The summed E-state index contributed by atoms with van der Waals surface area (Å²) in [5.41, 5.74) is 10.2. The molecule has 0 saturated carbocycles. The highest BCUT2D eigenvalue weighted by Gasteiger charge is 2.48. The fourth-order valence-corrected chi connectivity index (χ4v) is 6.37. The van der Waals surface area contributed by atoms with E-state index in [-0.39, 0.29) is 24.3 Å². The van der Waals surface area contributed by atoms with Gasteiger partial charge in [0.1, 0.15) is 11.9 Å². The number of nitrogens with two attached hydrogens (primary N) is 6. The maximum atomic E-state index is 12.6. The molecule has 0 aliphatic carbocycles. The van der Waals surface area contributed by atoms with Crippen molar-refractivity contribution in [2.45, 2.75) is 24.9 Å². The molecule has 2 rings (SSSR count). The molecule has 36 heavy (non-hydrogen) atoms. The molecular formula is C12H23N8O13P3. The van der Waals surface area contributed by atoms with Crippen molar-refractivity contribution in [3.63, 3.8) is 0 Å². The van der Waals surface area contributed by atoms with Crippen molar-refractivity contribution in [2.24, 2.45) is 29.3 Å². The number of rotatable bonds is 12. The first-order valence-corrected chi connectivity index (χ1v) is 13.6. The van der Waals surface area contributed by atoms with E-state index in [1.807, 2.05) is 0 Å². The quantitative estimate of drug-likeness (QED) is 0.0777. The second-order valence-electron chi connectivity index (χ2n) is 6.41. The fraction of sp³-hybridized carbons (Fsp3) is 0.500. The number of nitrogens with zero attached hydrogens (tertiary/aromatic N) is 2. The van der Waals surface area contributed by atoms with Crippen LogP contribution in [0.2, 0.25) is 0 Å². The Morgan fingerprint density at radius 1 is 1.08 bits per heavy atom. The largest absolute Gasteiger partial charge is 0.516 e. The zero-order valence-electron chi connectivity index (χ0n) is 18.0. The van der Waals surface area contributed by atoms with Gasteiger partial charge in [-0.3, -0.25) is 9.09 Å². The van der Waals surface area contributed by atoms with Crippen LogP contribution in [-0.2, 0) is 50.1 Å². The summed E-state index contributed by atoms with van der Waals surface area (Å²) < 4.78 is 72.3. The summed E-state index contributed by atoms with van der Waals surface area (Å²) in [4.78, 5) is 15.9. The Morgan fingerprint density at radius 2 is 1.67 bits per heavy atom. The van der Waals surface area contributed by atoms with Crippen molar-refractivity contribution in [3.8, 4) is 11.8 Å². The summed E-state index contributed by atoms with van der Waals surface area (Å²) >= 11 is 0. The van der Waals surface area contributed by atoms with Crippen molar-refractivity contribution in [1.82, 2.24) is 9.55 Å². The van der Waals surface area contributed by atoms with Crippen LogP contribution >= 0.6 is 23.5 Å². The van der Waals surface area contributed by atoms with E-state index < -0.39 is 54.2 Å². The predicted octanol–water partition coefficient (Wildman–Crippen LogP) is -2.28. The number of anilines is 1. The van der Waals surface area contributed by atoms with Gasteiger partial charge in [0, 0.05) is 12.6 Å². The molecule has 0 bridgehead atoms. The van der Waals surface area contributed by atoms with Crippen LogP contribution in [0.4, 0.5) is 5.82 Å². The molecule has 1 aliphatic rings. The van der Waals surface area contributed by atoms with Crippen molar-refractivity contribution >= 4 is 29.3 Å². The minimum atomic E-state index is -5.32. The zero-order chi connectivity index (χ0) is 27.1. The molecule has 1 aromatic rings. The van der Waals surface area contributed by atoms with Crippen LogP contribution in [0.3, 0.4) is 0 Å². The Balaban J connectivity index is 2.15. The summed E-state index contributed by atoms with van der Waals surface area (Å²) in [5.74, 6) is 23.9. The number of aliphatic hydroxyl groups is 1. The van der Waals surface area contributed by atoms with Gasteiger partial charge in [0.15, 0.2) is 6.23 Å². The van der Waals surface area contributed by atoms with Gasteiger partial charge in [0.25, 0.3) is 0 Å². The monoisotopic (exact) mass is 580 g/mol. The molecule has 24 heteroatoms. The third-order valence-electron chi connectivity index (χ3n) is 4.08. The van der Waals surface area contributed by atoms with Gasteiger partial charge in [0.05, 0.1) is 24.8 Å². The third-order valence-corrected chi connectivity index (χ3v) is 8.78. The number of hydrogen-bond acceptors (Lipinski definition) is 20. The Kier molecular flexibility index (Phi) is 10.8. The molecular weight excluding hydrogens is 557 g/mol. The topological polar surface area (TPSA) is 336 Å². The lowest BCUT2D eigenvalue weighted by Crippen LogP contribution is -2.32. The molecule has 204 valence electrons. The molecule has 13 N–H and O–H groups in total.